The number of aliphatic hydroxyl groups is 2. The van der Waals surface area contributed by atoms with E-state index in [-0.39, 0.29) is 18.5 Å². The molecule has 0 aliphatic rings. The van der Waals surface area contributed by atoms with E-state index in [1.54, 1.807) is 0 Å². The van der Waals surface area contributed by atoms with Crippen LogP contribution in [0.3, 0.4) is 0 Å². The largest absolute Gasteiger partial charge is 0.466 e. The van der Waals surface area contributed by atoms with Gasteiger partial charge in [0.2, 0.25) is 5.91 Å². The smallest absolute Gasteiger partial charge is 0.305 e. The van der Waals surface area contributed by atoms with Crippen molar-refractivity contribution < 1.29 is 24.5 Å². The lowest BCUT2D eigenvalue weighted by molar-refractivity contribution is -0.143. The van der Waals surface area contributed by atoms with Gasteiger partial charge in [0.05, 0.1) is 25.4 Å². The second kappa shape index (κ2) is 59.4. The van der Waals surface area contributed by atoms with Crippen LogP contribution in [0.5, 0.6) is 0 Å². The fraction of sp³-hybridized carbons (Fsp3) is 0.968. The van der Waals surface area contributed by atoms with Crippen molar-refractivity contribution in [2.45, 2.75) is 379 Å². The van der Waals surface area contributed by atoms with E-state index < -0.39 is 12.1 Å². The maximum absolute atomic E-state index is 12.5. The third-order valence-corrected chi connectivity index (χ3v) is 15.2. The minimum Gasteiger partial charge on any atom is -0.466 e. The monoisotopic (exact) mass is 976 g/mol. The molecule has 0 aromatic heterocycles. The number of esters is 1. The number of carbonyl (C=O) groups is 2. The van der Waals surface area contributed by atoms with Crippen LogP contribution in [0.1, 0.15) is 367 Å². The molecule has 0 bridgehead atoms. The number of unbranched alkanes of at least 4 members (excludes halogenated alkanes) is 49. The molecule has 69 heavy (non-hydrogen) atoms. The Bertz CT molecular complexity index is 990. The molecule has 0 radical (unpaired) electrons. The van der Waals surface area contributed by atoms with Gasteiger partial charge in [-0.05, 0) is 25.7 Å². The Labute approximate surface area is 432 Å². The van der Waals surface area contributed by atoms with Crippen molar-refractivity contribution in [1.82, 2.24) is 5.32 Å². The fourth-order valence-corrected chi connectivity index (χ4v) is 10.3. The number of hydrogen-bond donors (Lipinski definition) is 3. The van der Waals surface area contributed by atoms with Gasteiger partial charge in [-0.3, -0.25) is 9.59 Å². The van der Waals surface area contributed by atoms with Crippen molar-refractivity contribution in [2.75, 3.05) is 13.2 Å². The zero-order chi connectivity index (χ0) is 50.0. The summed E-state index contributed by atoms with van der Waals surface area (Å²) in [6.07, 6.45) is 69.6. The zero-order valence-electron chi connectivity index (χ0n) is 47.1. The standard InChI is InChI=1S/C63H125NO5/c1-3-5-7-9-11-13-15-17-19-21-23-24-25-26-27-29-31-35-39-43-47-51-55-61(66)60(59-65)64-62(67)56-52-48-44-40-36-33-34-38-42-46-50-54-58-69-63(68)57-53-49-45-41-37-32-30-28-22-20-18-16-14-12-10-8-6-4-2/h60-61,65-66H,3-59H2,1-2H3,(H,64,67). The molecule has 0 saturated heterocycles. The van der Waals surface area contributed by atoms with Crippen molar-refractivity contribution >= 4 is 11.9 Å². The lowest BCUT2D eigenvalue weighted by Gasteiger charge is -2.22. The van der Waals surface area contributed by atoms with Gasteiger partial charge in [0.1, 0.15) is 0 Å². The van der Waals surface area contributed by atoms with E-state index in [9.17, 15) is 19.8 Å². The Morgan fingerprint density at radius 2 is 0.594 bits per heavy atom. The highest BCUT2D eigenvalue weighted by Crippen LogP contribution is 2.19. The molecule has 0 aliphatic heterocycles. The third kappa shape index (κ3) is 56.0. The molecule has 0 aliphatic carbocycles. The molecule has 6 nitrogen and oxygen atoms in total. The summed E-state index contributed by atoms with van der Waals surface area (Å²) in [5, 5.41) is 23.4. The Balaban J connectivity index is 3.42. The molecule has 0 aromatic rings. The first-order valence-electron chi connectivity index (χ1n) is 31.8. The summed E-state index contributed by atoms with van der Waals surface area (Å²) in [7, 11) is 0. The van der Waals surface area contributed by atoms with E-state index in [1.807, 2.05) is 0 Å². The van der Waals surface area contributed by atoms with Crippen molar-refractivity contribution in [3.05, 3.63) is 0 Å². The molecule has 2 unspecified atom stereocenters. The average Bonchev–Trinajstić information content (AvgIpc) is 3.35. The zero-order valence-corrected chi connectivity index (χ0v) is 47.1. The third-order valence-electron chi connectivity index (χ3n) is 15.2. The predicted molar refractivity (Wildman–Crippen MR) is 301 cm³/mol. The molecule has 0 spiro atoms. The second-order valence-electron chi connectivity index (χ2n) is 22.1. The van der Waals surface area contributed by atoms with Crippen LogP contribution in [0.4, 0.5) is 0 Å². The van der Waals surface area contributed by atoms with Gasteiger partial charge < -0.3 is 20.3 Å². The van der Waals surface area contributed by atoms with Gasteiger partial charge in [-0.15, -0.1) is 0 Å². The van der Waals surface area contributed by atoms with E-state index in [1.165, 1.54) is 276 Å². The Morgan fingerprint density at radius 1 is 0.348 bits per heavy atom. The SMILES string of the molecule is CCCCCCCCCCCCCCCCCCCCCCCCC(O)C(CO)NC(=O)CCCCCCCCCCCCCCOC(=O)CCCCCCCCCCCCCCCCCCCC. The van der Waals surface area contributed by atoms with Crippen LogP contribution >= 0.6 is 0 Å². The fourth-order valence-electron chi connectivity index (χ4n) is 10.3. The lowest BCUT2D eigenvalue weighted by Crippen LogP contribution is -2.45. The Morgan fingerprint density at radius 3 is 0.884 bits per heavy atom. The van der Waals surface area contributed by atoms with Crippen LogP contribution < -0.4 is 5.32 Å². The number of nitrogens with one attached hydrogen (secondary N) is 1. The van der Waals surface area contributed by atoms with Crippen molar-refractivity contribution in [2.24, 2.45) is 0 Å². The predicted octanol–water partition coefficient (Wildman–Crippen LogP) is 19.9. The molecule has 0 heterocycles. The molecule has 1 amide bonds. The first kappa shape index (κ1) is 67.9. The number of carbonyl (C=O) groups excluding carboxylic acids is 2. The highest BCUT2D eigenvalue weighted by atomic mass is 16.5. The van der Waals surface area contributed by atoms with E-state index in [4.69, 9.17) is 4.74 Å². The first-order valence-corrected chi connectivity index (χ1v) is 31.8. The molecule has 0 aromatic carbocycles. The number of ether oxygens (including phenoxy) is 1. The number of rotatable bonds is 60. The summed E-state index contributed by atoms with van der Waals surface area (Å²) >= 11 is 0. The molecule has 6 heteroatoms. The van der Waals surface area contributed by atoms with Crippen LogP contribution in [0, 0.1) is 0 Å². The van der Waals surface area contributed by atoms with Crippen LogP contribution in [0.2, 0.25) is 0 Å². The molecule has 2 atom stereocenters. The number of hydrogen-bond acceptors (Lipinski definition) is 5. The Kier molecular flexibility index (Phi) is 58.4. The highest BCUT2D eigenvalue weighted by Gasteiger charge is 2.20. The Hall–Kier alpha value is -1.14. The van der Waals surface area contributed by atoms with E-state index in [0.717, 1.165) is 57.8 Å². The summed E-state index contributed by atoms with van der Waals surface area (Å²) in [5.74, 6) is -0.0482. The average molecular weight is 977 g/mol. The molecule has 0 rings (SSSR count). The van der Waals surface area contributed by atoms with Crippen LogP contribution in [-0.4, -0.2) is 47.4 Å². The highest BCUT2D eigenvalue weighted by molar-refractivity contribution is 5.76. The van der Waals surface area contributed by atoms with Gasteiger partial charge in [-0.2, -0.15) is 0 Å². The normalized spacial score (nSPS) is 12.5. The van der Waals surface area contributed by atoms with Gasteiger partial charge in [-0.25, -0.2) is 0 Å². The molecular formula is C63H125NO5. The van der Waals surface area contributed by atoms with Gasteiger partial charge in [0, 0.05) is 12.8 Å². The van der Waals surface area contributed by atoms with E-state index in [0.29, 0.717) is 25.9 Å². The number of amides is 1. The maximum Gasteiger partial charge on any atom is 0.305 e. The summed E-state index contributed by atoms with van der Waals surface area (Å²) in [4.78, 5) is 24.6. The maximum atomic E-state index is 12.5. The molecule has 412 valence electrons. The summed E-state index contributed by atoms with van der Waals surface area (Å²) in [5.41, 5.74) is 0. The van der Waals surface area contributed by atoms with Crippen molar-refractivity contribution in [3.8, 4) is 0 Å². The molecule has 3 N–H and O–H groups in total. The van der Waals surface area contributed by atoms with E-state index >= 15 is 0 Å². The van der Waals surface area contributed by atoms with Crippen LogP contribution in [0.25, 0.3) is 0 Å². The van der Waals surface area contributed by atoms with E-state index in [2.05, 4.69) is 19.2 Å². The van der Waals surface area contributed by atoms with Gasteiger partial charge in [-0.1, -0.05) is 328 Å². The van der Waals surface area contributed by atoms with Crippen molar-refractivity contribution in [3.63, 3.8) is 0 Å². The topological polar surface area (TPSA) is 95.9 Å². The second-order valence-corrected chi connectivity index (χ2v) is 22.1. The van der Waals surface area contributed by atoms with Gasteiger partial charge in [0.15, 0.2) is 0 Å². The van der Waals surface area contributed by atoms with Crippen LogP contribution in [-0.2, 0) is 14.3 Å². The van der Waals surface area contributed by atoms with Crippen molar-refractivity contribution in [1.29, 1.82) is 0 Å². The summed E-state index contributed by atoms with van der Waals surface area (Å²) in [6.45, 7) is 4.96. The number of aliphatic hydroxyl groups excluding tert-OH is 2. The van der Waals surface area contributed by atoms with Crippen LogP contribution in [0.15, 0.2) is 0 Å². The summed E-state index contributed by atoms with van der Waals surface area (Å²) in [6, 6.07) is -0.553. The summed E-state index contributed by atoms with van der Waals surface area (Å²) < 4.78 is 5.49. The van der Waals surface area contributed by atoms with Gasteiger partial charge in [0.25, 0.3) is 0 Å². The first-order chi connectivity index (χ1) is 34.0. The molecule has 0 fully saturated rings. The minimum atomic E-state index is -0.674. The lowest BCUT2D eigenvalue weighted by atomic mass is 10.0. The van der Waals surface area contributed by atoms with Gasteiger partial charge >= 0.3 is 5.97 Å². The molecular weight excluding hydrogens is 851 g/mol. The quantitative estimate of drug-likeness (QED) is 0.0417. The molecule has 0 saturated carbocycles. The minimum absolute atomic E-state index is 0.00306.